The molecule has 1 N–H and O–H groups in total. The molecule has 6 nitrogen and oxygen atoms in total. The molecule has 4 rings (SSSR count). The van der Waals surface area contributed by atoms with Crippen LogP contribution in [0.4, 0.5) is 5.69 Å². The maximum absolute atomic E-state index is 13.8. The number of anilines is 1. The highest BCUT2D eigenvalue weighted by Crippen LogP contribution is 2.44. The monoisotopic (exact) mass is 499 g/mol. The van der Waals surface area contributed by atoms with E-state index in [2.05, 4.69) is 9.88 Å². The number of aryl methyl sites for hydroxylation is 1. The molecular formula is C26H30ClN3O3S. The van der Waals surface area contributed by atoms with Gasteiger partial charge in [0.25, 0.3) is 0 Å². The Labute approximate surface area is 209 Å². The second-order valence-electron chi connectivity index (χ2n) is 8.70. The zero-order chi connectivity index (χ0) is 24.4. The molecule has 1 aromatic heterocycles. The van der Waals surface area contributed by atoms with Gasteiger partial charge in [0, 0.05) is 47.4 Å². The van der Waals surface area contributed by atoms with E-state index < -0.39 is 6.04 Å². The van der Waals surface area contributed by atoms with E-state index in [1.54, 1.807) is 11.0 Å². The first-order valence-corrected chi connectivity index (χ1v) is 12.8. The lowest BCUT2D eigenvalue weighted by molar-refractivity contribution is -0.125. The van der Waals surface area contributed by atoms with E-state index in [1.165, 1.54) is 11.8 Å². The molecule has 1 atom stereocenters. The minimum Gasteiger partial charge on any atom is -0.379 e. The van der Waals surface area contributed by atoms with Crippen LogP contribution in [0.25, 0.3) is 10.9 Å². The van der Waals surface area contributed by atoms with Crippen molar-refractivity contribution in [2.75, 3.05) is 23.8 Å². The number of halogens is 1. The zero-order valence-corrected chi connectivity index (χ0v) is 21.5. The molecule has 0 unspecified atom stereocenters. The molecule has 8 heteroatoms. The molecule has 34 heavy (non-hydrogen) atoms. The van der Waals surface area contributed by atoms with Crippen LogP contribution < -0.4 is 10.2 Å². The molecule has 0 saturated carbocycles. The maximum Gasteiger partial charge on any atom is 0.247 e. The van der Waals surface area contributed by atoms with Gasteiger partial charge in [-0.3, -0.25) is 14.5 Å². The Morgan fingerprint density at radius 2 is 2.00 bits per heavy atom. The summed E-state index contributed by atoms with van der Waals surface area (Å²) >= 11 is 7.90. The number of aromatic nitrogens is 1. The molecular weight excluding hydrogens is 470 g/mol. The number of rotatable bonds is 7. The SMILES string of the molecule is Cc1c(Cl)cccc1N1C(=O)CSc2c(c3ccccc3n2C)[C@@H]1C(=O)NCCCOC(C)C. The van der Waals surface area contributed by atoms with Crippen LogP contribution in [-0.2, 0) is 21.4 Å². The lowest BCUT2D eigenvalue weighted by Gasteiger charge is -2.31. The van der Waals surface area contributed by atoms with Crippen LogP contribution in [0.2, 0.25) is 5.02 Å². The Morgan fingerprint density at radius 1 is 1.24 bits per heavy atom. The first-order valence-electron chi connectivity index (χ1n) is 11.5. The van der Waals surface area contributed by atoms with Crippen LogP contribution in [0.3, 0.4) is 0 Å². The van der Waals surface area contributed by atoms with Crippen molar-refractivity contribution in [3.05, 3.63) is 58.6 Å². The number of fused-ring (bicyclic) bond motifs is 3. The number of ether oxygens (including phenoxy) is 1. The number of benzene rings is 2. The van der Waals surface area contributed by atoms with E-state index in [0.717, 1.165) is 27.1 Å². The van der Waals surface area contributed by atoms with Gasteiger partial charge < -0.3 is 14.6 Å². The summed E-state index contributed by atoms with van der Waals surface area (Å²) < 4.78 is 7.68. The van der Waals surface area contributed by atoms with E-state index >= 15 is 0 Å². The molecule has 0 fully saturated rings. The molecule has 2 amide bonds. The summed E-state index contributed by atoms with van der Waals surface area (Å²) in [6.07, 6.45) is 0.838. The lowest BCUT2D eigenvalue weighted by Crippen LogP contribution is -2.44. The van der Waals surface area contributed by atoms with Crippen LogP contribution in [0.1, 0.15) is 37.4 Å². The summed E-state index contributed by atoms with van der Waals surface area (Å²) in [5.74, 6) is -0.105. The largest absolute Gasteiger partial charge is 0.379 e. The van der Waals surface area contributed by atoms with E-state index in [9.17, 15) is 9.59 Å². The summed E-state index contributed by atoms with van der Waals surface area (Å²) in [4.78, 5) is 28.9. The summed E-state index contributed by atoms with van der Waals surface area (Å²) in [5, 5.41) is 5.52. The molecule has 180 valence electrons. The summed E-state index contributed by atoms with van der Waals surface area (Å²) in [5.41, 5.74) is 3.31. The zero-order valence-electron chi connectivity index (χ0n) is 19.9. The maximum atomic E-state index is 13.8. The lowest BCUT2D eigenvalue weighted by atomic mass is 10.0. The molecule has 2 aromatic carbocycles. The van der Waals surface area contributed by atoms with Crippen molar-refractivity contribution in [1.82, 2.24) is 9.88 Å². The highest BCUT2D eigenvalue weighted by molar-refractivity contribution is 8.00. The van der Waals surface area contributed by atoms with Crippen molar-refractivity contribution < 1.29 is 14.3 Å². The second kappa shape index (κ2) is 10.4. The fourth-order valence-corrected chi connectivity index (χ4v) is 5.63. The molecule has 0 radical (unpaired) electrons. The fourth-order valence-electron chi connectivity index (χ4n) is 4.39. The van der Waals surface area contributed by atoms with Gasteiger partial charge in [-0.05, 0) is 51.0 Å². The Hall–Kier alpha value is -2.48. The molecule has 0 saturated heterocycles. The topological polar surface area (TPSA) is 63.6 Å². The Balaban J connectivity index is 1.80. The number of para-hydroxylation sites is 1. The van der Waals surface area contributed by atoms with Crippen LogP contribution in [-0.4, -0.2) is 41.4 Å². The van der Waals surface area contributed by atoms with Crippen LogP contribution >= 0.6 is 23.4 Å². The van der Waals surface area contributed by atoms with E-state index in [1.807, 2.05) is 64.2 Å². The number of nitrogens with one attached hydrogen (secondary N) is 1. The number of hydrogen-bond donors (Lipinski definition) is 1. The fraction of sp³-hybridized carbons (Fsp3) is 0.385. The first kappa shape index (κ1) is 24.6. The summed E-state index contributed by atoms with van der Waals surface area (Å²) in [6, 6.07) is 12.7. The van der Waals surface area contributed by atoms with Gasteiger partial charge in [-0.1, -0.05) is 47.6 Å². The second-order valence-corrected chi connectivity index (χ2v) is 10.1. The number of carbonyl (C=O) groups excluding carboxylic acids is 2. The molecule has 2 heterocycles. The van der Waals surface area contributed by atoms with Crippen molar-refractivity contribution in [2.24, 2.45) is 7.05 Å². The molecule has 0 aliphatic carbocycles. The van der Waals surface area contributed by atoms with E-state index in [0.29, 0.717) is 30.3 Å². The van der Waals surface area contributed by atoms with Crippen LogP contribution in [0, 0.1) is 6.92 Å². The predicted molar refractivity (Wildman–Crippen MR) is 139 cm³/mol. The van der Waals surface area contributed by atoms with E-state index in [4.69, 9.17) is 16.3 Å². The van der Waals surface area contributed by atoms with Gasteiger partial charge in [0.2, 0.25) is 11.8 Å². The third-order valence-electron chi connectivity index (χ3n) is 6.04. The van der Waals surface area contributed by atoms with Gasteiger partial charge in [0.1, 0.15) is 6.04 Å². The van der Waals surface area contributed by atoms with Crippen LogP contribution in [0.15, 0.2) is 47.5 Å². The van der Waals surface area contributed by atoms with Gasteiger partial charge >= 0.3 is 0 Å². The van der Waals surface area contributed by atoms with Crippen molar-refractivity contribution in [2.45, 2.75) is 44.4 Å². The first-order chi connectivity index (χ1) is 16.3. The van der Waals surface area contributed by atoms with Crippen molar-refractivity contribution in [3.63, 3.8) is 0 Å². The normalized spacial score (nSPS) is 16.1. The molecule has 1 aliphatic heterocycles. The number of amides is 2. The van der Waals surface area contributed by atoms with Gasteiger partial charge in [-0.25, -0.2) is 0 Å². The highest BCUT2D eigenvalue weighted by Gasteiger charge is 2.40. The third kappa shape index (κ3) is 4.69. The number of carbonyl (C=O) groups is 2. The molecule has 0 bridgehead atoms. The van der Waals surface area contributed by atoms with Gasteiger partial charge in [0.05, 0.1) is 16.9 Å². The molecule has 0 spiro atoms. The van der Waals surface area contributed by atoms with Gasteiger partial charge in [0.15, 0.2) is 0 Å². The Bertz CT molecular complexity index is 1220. The highest BCUT2D eigenvalue weighted by atomic mass is 35.5. The number of thioether (sulfide) groups is 1. The molecule has 3 aromatic rings. The van der Waals surface area contributed by atoms with Crippen LogP contribution in [0.5, 0.6) is 0 Å². The quantitative estimate of drug-likeness (QED) is 0.451. The Kier molecular flexibility index (Phi) is 7.55. The average Bonchev–Trinajstić information content (AvgIpc) is 2.98. The van der Waals surface area contributed by atoms with Crippen molar-refractivity contribution in [1.29, 1.82) is 0 Å². The number of hydrogen-bond acceptors (Lipinski definition) is 4. The Morgan fingerprint density at radius 3 is 2.76 bits per heavy atom. The number of nitrogens with zero attached hydrogens (tertiary/aromatic N) is 2. The van der Waals surface area contributed by atoms with Crippen molar-refractivity contribution in [3.8, 4) is 0 Å². The van der Waals surface area contributed by atoms with Gasteiger partial charge in [-0.15, -0.1) is 0 Å². The average molecular weight is 500 g/mol. The van der Waals surface area contributed by atoms with E-state index in [-0.39, 0.29) is 23.7 Å². The predicted octanol–water partition coefficient (Wildman–Crippen LogP) is 5.25. The molecule has 1 aliphatic rings. The third-order valence-corrected chi connectivity index (χ3v) is 7.61. The van der Waals surface area contributed by atoms with Gasteiger partial charge in [-0.2, -0.15) is 0 Å². The minimum absolute atomic E-state index is 0.126. The van der Waals surface area contributed by atoms with Crippen molar-refractivity contribution >= 4 is 51.8 Å². The standard InChI is InChI=1S/C26H30ClN3O3S/c1-16(2)33-14-8-13-28-25(32)24-23-18-9-5-6-11-21(18)29(4)26(23)34-15-22(31)30(24)20-12-7-10-19(27)17(20)3/h5-7,9-12,16,24H,8,13-15H2,1-4H3,(H,28,32)/t24-/m1/s1. The summed E-state index contributed by atoms with van der Waals surface area (Å²) in [6.45, 7) is 6.88. The summed E-state index contributed by atoms with van der Waals surface area (Å²) in [7, 11) is 1.98. The smallest absolute Gasteiger partial charge is 0.247 e. The minimum atomic E-state index is -0.813.